The van der Waals surface area contributed by atoms with Crippen LogP contribution < -0.4 is 10.1 Å². The monoisotopic (exact) mass is 351 g/mol. The topological polar surface area (TPSA) is 67.0 Å². The largest absolute Gasteiger partial charge is 0.492 e. The number of nitrogens with one attached hydrogen (secondary N) is 2. The Morgan fingerprint density at radius 3 is 2.77 bits per heavy atom. The molecule has 2 heterocycles. The number of aromatic amines is 1. The number of carbonyl (C=O) groups excluding carboxylic acids is 1. The molecule has 3 aromatic rings. The van der Waals surface area contributed by atoms with Gasteiger partial charge in [0.25, 0.3) is 0 Å². The Balaban J connectivity index is 1.53. The molecule has 5 heteroatoms. The number of aromatic nitrogens is 2. The standard InChI is InChI=1S/C21H25N3O2/c1-14-7-8-15(2)21-20(14)18(16(3)24-21)12-19(25)23-10-5-11-26-17-6-4-9-22-13-17/h4,6-9,13,24H,5,10-12H2,1-3H3,(H,23,25). The molecule has 0 unspecified atom stereocenters. The molecule has 0 aliphatic heterocycles. The number of benzene rings is 1. The summed E-state index contributed by atoms with van der Waals surface area (Å²) in [5, 5.41) is 4.16. The Kier molecular flexibility index (Phi) is 5.56. The average Bonchev–Trinajstić information content (AvgIpc) is 2.96. The van der Waals surface area contributed by atoms with E-state index in [2.05, 4.69) is 41.3 Å². The summed E-state index contributed by atoms with van der Waals surface area (Å²) in [6.45, 7) is 7.36. The van der Waals surface area contributed by atoms with Gasteiger partial charge in [0, 0.05) is 29.3 Å². The Morgan fingerprint density at radius 2 is 2.00 bits per heavy atom. The van der Waals surface area contributed by atoms with E-state index in [-0.39, 0.29) is 5.91 Å². The Morgan fingerprint density at radius 1 is 1.19 bits per heavy atom. The van der Waals surface area contributed by atoms with Gasteiger partial charge in [-0.15, -0.1) is 0 Å². The van der Waals surface area contributed by atoms with Gasteiger partial charge in [0.2, 0.25) is 5.91 Å². The highest BCUT2D eigenvalue weighted by Crippen LogP contribution is 2.28. The molecule has 0 bridgehead atoms. The van der Waals surface area contributed by atoms with Crippen molar-refractivity contribution in [3.63, 3.8) is 0 Å². The number of fused-ring (bicyclic) bond motifs is 1. The minimum absolute atomic E-state index is 0.0382. The highest BCUT2D eigenvalue weighted by molar-refractivity contribution is 5.93. The zero-order valence-electron chi connectivity index (χ0n) is 15.6. The van der Waals surface area contributed by atoms with E-state index in [4.69, 9.17) is 4.74 Å². The third kappa shape index (κ3) is 4.04. The molecule has 3 rings (SSSR count). The number of ether oxygens (including phenoxy) is 1. The van der Waals surface area contributed by atoms with E-state index in [9.17, 15) is 4.79 Å². The van der Waals surface area contributed by atoms with Crippen LogP contribution in [0.25, 0.3) is 10.9 Å². The molecule has 2 aromatic heterocycles. The first-order valence-electron chi connectivity index (χ1n) is 8.93. The molecule has 0 saturated carbocycles. The van der Waals surface area contributed by atoms with Crippen LogP contribution in [0.2, 0.25) is 0 Å². The van der Waals surface area contributed by atoms with Crippen LogP contribution in [0.15, 0.2) is 36.7 Å². The van der Waals surface area contributed by atoms with Crippen molar-refractivity contribution in [3.05, 3.63) is 59.0 Å². The fourth-order valence-corrected chi connectivity index (χ4v) is 3.18. The van der Waals surface area contributed by atoms with Crippen molar-refractivity contribution in [3.8, 4) is 5.75 Å². The van der Waals surface area contributed by atoms with E-state index in [0.29, 0.717) is 19.6 Å². The van der Waals surface area contributed by atoms with Gasteiger partial charge >= 0.3 is 0 Å². The minimum atomic E-state index is 0.0382. The van der Waals surface area contributed by atoms with Crippen molar-refractivity contribution in [2.75, 3.05) is 13.2 Å². The first-order chi connectivity index (χ1) is 12.6. The van der Waals surface area contributed by atoms with Crippen LogP contribution in [0.3, 0.4) is 0 Å². The Labute approximate surface area is 153 Å². The molecule has 136 valence electrons. The lowest BCUT2D eigenvalue weighted by Gasteiger charge is -2.08. The molecule has 2 N–H and O–H groups in total. The summed E-state index contributed by atoms with van der Waals surface area (Å²) in [6.07, 6.45) is 4.54. The van der Waals surface area contributed by atoms with Gasteiger partial charge in [-0.05, 0) is 56.0 Å². The molecule has 26 heavy (non-hydrogen) atoms. The predicted octanol–water partition coefficient (Wildman–Crippen LogP) is 3.62. The van der Waals surface area contributed by atoms with E-state index >= 15 is 0 Å². The smallest absolute Gasteiger partial charge is 0.224 e. The van der Waals surface area contributed by atoms with Crippen LogP contribution in [0.5, 0.6) is 5.75 Å². The van der Waals surface area contributed by atoms with E-state index in [1.165, 1.54) is 16.5 Å². The summed E-state index contributed by atoms with van der Waals surface area (Å²) >= 11 is 0. The molecule has 0 atom stereocenters. The number of H-pyrrole nitrogens is 1. The van der Waals surface area contributed by atoms with E-state index in [0.717, 1.165) is 28.9 Å². The van der Waals surface area contributed by atoms with Crippen molar-refractivity contribution >= 4 is 16.8 Å². The average molecular weight is 351 g/mol. The van der Waals surface area contributed by atoms with Crippen LogP contribution in [-0.2, 0) is 11.2 Å². The maximum absolute atomic E-state index is 12.4. The SMILES string of the molecule is Cc1[nH]c2c(C)ccc(C)c2c1CC(=O)NCCCOc1cccnc1. The number of nitrogens with zero attached hydrogens (tertiary/aromatic N) is 1. The summed E-state index contributed by atoms with van der Waals surface area (Å²) in [7, 11) is 0. The van der Waals surface area contributed by atoms with Crippen LogP contribution in [-0.4, -0.2) is 29.0 Å². The van der Waals surface area contributed by atoms with Crippen LogP contribution in [0.1, 0.15) is 28.8 Å². The molecular formula is C21H25N3O2. The second-order valence-electron chi connectivity index (χ2n) is 6.60. The number of pyridine rings is 1. The Hall–Kier alpha value is -2.82. The molecular weight excluding hydrogens is 326 g/mol. The zero-order chi connectivity index (χ0) is 18.5. The summed E-state index contributed by atoms with van der Waals surface area (Å²) in [5.74, 6) is 0.787. The minimum Gasteiger partial charge on any atom is -0.492 e. The normalized spacial score (nSPS) is 10.9. The van der Waals surface area contributed by atoms with Gasteiger partial charge in [0.15, 0.2) is 0 Å². The van der Waals surface area contributed by atoms with Crippen LogP contribution in [0.4, 0.5) is 0 Å². The lowest BCUT2D eigenvalue weighted by atomic mass is 10.0. The quantitative estimate of drug-likeness (QED) is 0.639. The second kappa shape index (κ2) is 8.04. The van der Waals surface area contributed by atoms with Gasteiger partial charge in [0.1, 0.15) is 5.75 Å². The van der Waals surface area contributed by atoms with E-state index < -0.39 is 0 Å². The highest BCUT2D eigenvalue weighted by atomic mass is 16.5. The number of rotatable bonds is 7. The molecule has 0 saturated heterocycles. The number of hydrogen-bond donors (Lipinski definition) is 2. The van der Waals surface area contributed by atoms with E-state index in [1.807, 2.05) is 19.1 Å². The summed E-state index contributed by atoms with van der Waals surface area (Å²) in [4.78, 5) is 19.8. The molecule has 1 aromatic carbocycles. The van der Waals surface area contributed by atoms with Gasteiger partial charge in [0.05, 0.1) is 19.2 Å². The maximum atomic E-state index is 12.4. The zero-order valence-corrected chi connectivity index (χ0v) is 15.6. The third-order valence-electron chi connectivity index (χ3n) is 4.57. The van der Waals surface area contributed by atoms with Gasteiger partial charge in [-0.25, -0.2) is 0 Å². The van der Waals surface area contributed by atoms with Gasteiger partial charge in [-0.1, -0.05) is 12.1 Å². The Bertz CT molecular complexity index is 901. The summed E-state index contributed by atoms with van der Waals surface area (Å²) in [6, 6.07) is 7.93. The van der Waals surface area contributed by atoms with Crippen molar-refractivity contribution in [1.82, 2.24) is 15.3 Å². The first-order valence-corrected chi connectivity index (χ1v) is 8.93. The molecule has 0 fully saturated rings. The molecule has 0 spiro atoms. The third-order valence-corrected chi connectivity index (χ3v) is 4.57. The number of carbonyl (C=O) groups is 1. The number of aryl methyl sites for hydroxylation is 3. The number of hydrogen-bond acceptors (Lipinski definition) is 3. The highest BCUT2D eigenvalue weighted by Gasteiger charge is 2.15. The van der Waals surface area contributed by atoms with Gasteiger partial charge in [-0.3, -0.25) is 9.78 Å². The van der Waals surface area contributed by atoms with Crippen molar-refractivity contribution in [2.45, 2.75) is 33.6 Å². The second-order valence-corrected chi connectivity index (χ2v) is 6.60. The van der Waals surface area contributed by atoms with Crippen molar-refractivity contribution < 1.29 is 9.53 Å². The lowest BCUT2D eigenvalue weighted by molar-refractivity contribution is -0.120. The van der Waals surface area contributed by atoms with Crippen LogP contribution >= 0.6 is 0 Å². The van der Waals surface area contributed by atoms with Gasteiger partial charge < -0.3 is 15.0 Å². The molecule has 5 nitrogen and oxygen atoms in total. The van der Waals surface area contributed by atoms with E-state index in [1.54, 1.807) is 12.4 Å². The summed E-state index contributed by atoms with van der Waals surface area (Å²) in [5.41, 5.74) is 5.68. The molecule has 0 aliphatic rings. The molecule has 0 aliphatic carbocycles. The van der Waals surface area contributed by atoms with Crippen LogP contribution in [0, 0.1) is 20.8 Å². The summed E-state index contributed by atoms with van der Waals surface area (Å²) < 4.78 is 5.58. The predicted molar refractivity (Wildman–Crippen MR) is 104 cm³/mol. The maximum Gasteiger partial charge on any atom is 0.224 e. The first kappa shape index (κ1) is 18.0. The molecule has 1 amide bonds. The fourth-order valence-electron chi connectivity index (χ4n) is 3.18. The van der Waals surface area contributed by atoms with Crippen molar-refractivity contribution in [1.29, 1.82) is 0 Å². The lowest BCUT2D eigenvalue weighted by Crippen LogP contribution is -2.27. The van der Waals surface area contributed by atoms with Crippen molar-refractivity contribution in [2.24, 2.45) is 0 Å². The molecule has 0 radical (unpaired) electrons. The number of amides is 1. The fraction of sp³-hybridized carbons (Fsp3) is 0.333. The van der Waals surface area contributed by atoms with Gasteiger partial charge in [-0.2, -0.15) is 0 Å².